The van der Waals surface area contributed by atoms with Crippen molar-refractivity contribution < 1.29 is 4.79 Å². The number of carbonyl (C=O) groups is 1. The highest BCUT2D eigenvalue weighted by atomic mass is 35.5. The van der Waals surface area contributed by atoms with Gasteiger partial charge in [0.2, 0.25) is 5.91 Å². The first-order valence-electron chi connectivity index (χ1n) is 5.82. The standard InChI is InChI=1S/C13H21N3O.ClH/c1-10(2)16(4)12-7-5-6-11(8-12)15-13(17)9-14-3;/h5-8,10,14H,9H2,1-4H3,(H,15,17);1H. The Morgan fingerprint density at radius 1 is 1.39 bits per heavy atom. The quantitative estimate of drug-likeness (QED) is 0.862. The van der Waals surface area contributed by atoms with Gasteiger partial charge in [0.1, 0.15) is 0 Å². The second-order valence-corrected chi connectivity index (χ2v) is 4.33. The molecule has 0 bridgehead atoms. The van der Waals surface area contributed by atoms with E-state index in [-0.39, 0.29) is 18.3 Å². The van der Waals surface area contributed by atoms with E-state index in [2.05, 4.69) is 29.4 Å². The van der Waals surface area contributed by atoms with Crippen LogP contribution < -0.4 is 15.5 Å². The average molecular weight is 272 g/mol. The number of nitrogens with zero attached hydrogens (tertiary/aromatic N) is 1. The number of hydrogen-bond donors (Lipinski definition) is 2. The lowest BCUT2D eigenvalue weighted by Gasteiger charge is -2.24. The summed E-state index contributed by atoms with van der Waals surface area (Å²) in [6.07, 6.45) is 0. The van der Waals surface area contributed by atoms with Gasteiger partial charge >= 0.3 is 0 Å². The zero-order valence-corrected chi connectivity index (χ0v) is 12.2. The van der Waals surface area contributed by atoms with Crippen molar-refractivity contribution in [2.75, 3.05) is 30.9 Å². The molecular weight excluding hydrogens is 250 g/mol. The Morgan fingerprint density at radius 3 is 2.61 bits per heavy atom. The molecular formula is C13H22ClN3O. The summed E-state index contributed by atoms with van der Waals surface area (Å²) in [4.78, 5) is 13.6. The number of rotatable bonds is 5. The highest BCUT2D eigenvalue weighted by molar-refractivity contribution is 5.92. The highest BCUT2D eigenvalue weighted by Gasteiger charge is 2.06. The van der Waals surface area contributed by atoms with Crippen molar-refractivity contribution in [3.8, 4) is 0 Å². The Labute approximate surface area is 115 Å². The van der Waals surface area contributed by atoms with E-state index >= 15 is 0 Å². The number of benzene rings is 1. The Hall–Kier alpha value is -1.26. The van der Waals surface area contributed by atoms with Crippen LogP contribution in [0.15, 0.2) is 24.3 Å². The molecule has 0 aromatic heterocycles. The van der Waals surface area contributed by atoms with Crippen molar-refractivity contribution in [3.63, 3.8) is 0 Å². The van der Waals surface area contributed by atoms with Gasteiger partial charge in [0.05, 0.1) is 6.54 Å². The van der Waals surface area contributed by atoms with Gasteiger partial charge in [0, 0.05) is 24.5 Å². The minimum absolute atomic E-state index is 0. The molecule has 102 valence electrons. The van der Waals surface area contributed by atoms with Crippen LogP contribution in [0.3, 0.4) is 0 Å². The van der Waals surface area contributed by atoms with E-state index < -0.39 is 0 Å². The van der Waals surface area contributed by atoms with Crippen molar-refractivity contribution in [2.45, 2.75) is 19.9 Å². The molecule has 0 spiro atoms. The number of likely N-dealkylation sites (N-methyl/N-ethyl adjacent to an activating group) is 1. The number of amides is 1. The van der Waals surface area contributed by atoms with E-state index in [1.54, 1.807) is 7.05 Å². The monoisotopic (exact) mass is 271 g/mol. The molecule has 5 heteroatoms. The van der Waals surface area contributed by atoms with Crippen molar-refractivity contribution in [3.05, 3.63) is 24.3 Å². The molecule has 0 aliphatic rings. The number of halogens is 1. The predicted molar refractivity (Wildman–Crippen MR) is 79.8 cm³/mol. The maximum Gasteiger partial charge on any atom is 0.238 e. The van der Waals surface area contributed by atoms with Gasteiger partial charge in [0.15, 0.2) is 0 Å². The molecule has 0 aliphatic carbocycles. The molecule has 0 saturated heterocycles. The lowest BCUT2D eigenvalue weighted by Crippen LogP contribution is -2.26. The Kier molecular flexibility index (Phi) is 7.39. The fourth-order valence-corrected chi connectivity index (χ4v) is 1.47. The third kappa shape index (κ3) is 4.94. The van der Waals surface area contributed by atoms with Crippen LogP contribution in [0.1, 0.15) is 13.8 Å². The van der Waals surface area contributed by atoms with Crippen LogP contribution in [0.5, 0.6) is 0 Å². The van der Waals surface area contributed by atoms with Gasteiger partial charge in [0.25, 0.3) is 0 Å². The van der Waals surface area contributed by atoms with E-state index in [0.29, 0.717) is 12.6 Å². The number of nitrogens with one attached hydrogen (secondary N) is 2. The molecule has 0 saturated carbocycles. The van der Waals surface area contributed by atoms with Gasteiger partial charge in [-0.2, -0.15) is 0 Å². The second-order valence-electron chi connectivity index (χ2n) is 4.33. The third-order valence-electron chi connectivity index (χ3n) is 2.65. The molecule has 0 heterocycles. The first kappa shape index (κ1) is 16.7. The molecule has 0 aliphatic heterocycles. The first-order valence-corrected chi connectivity index (χ1v) is 5.82. The molecule has 0 unspecified atom stereocenters. The van der Waals surface area contributed by atoms with Crippen LogP contribution >= 0.6 is 12.4 Å². The van der Waals surface area contributed by atoms with Gasteiger partial charge in [-0.3, -0.25) is 4.79 Å². The van der Waals surface area contributed by atoms with Crippen LogP contribution in [0.2, 0.25) is 0 Å². The van der Waals surface area contributed by atoms with Crippen LogP contribution in [-0.2, 0) is 4.79 Å². The first-order chi connectivity index (χ1) is 8.04. The second kappa shape index (κ2) is 7.95. The number of carbonyl (C=O) groups excluding carboxylic acids is 1. The van der Waals surface area contributed by atoms with E-state index in [4.69, 9.17) is 0 Å². The number of anilines is 2. The Morgan fingerprint density at radius 2 is 2.06 bits per heavy atom. The topological polar surface area (TPSA) is 44.4 Å². The zero-order chi connectivity index (χ0) is 12.8. The maximum absolute atomic E-state index is 11.4. The summed E-state index contributed by atoms with van der Waals surface area (Å²) in [7, 11) is 3.79. The highest BCUT2D eigenvalue weighted by Crippen LogP contribution is 2.19. The molecule has 2 N–H and O–H groups in total. The normalized spacial score (nSPS) is 9.83. The molecule has 1 amide bonds. The molecule has 18 heavy (non-hydrogen) atoms. The summed E-state index contributed by atoms with van der Waals surface area (Å²) in [5.74, 6) is -0.0307. The largest absolute Gasteiger partial charge is 0.372 e. The SMILES string of the molecule is CNCC(=O)Nc1cccc(N(C)C(C)C)c1.Cl. The summed E-state index contributed by atoms with van der Waals surface area (Å²) in [5, 5.41) is 5.67. The zero-order valence-electron chi connectivity index (χ0n) is 11.4. The van der Waals surface area contributed by atoms with Gasteiger partial charge in [-0.25, -0.2) is 0 Å². The minimum Gasteiger partial charge on any atom is -0.372 e. The predicted octanol–water partition coefficient (Wildman–Crippen LogP) is 2.11. The minimum atomic E-state index is -0.0307. The number of hydrogen-bond acceptors (Lipinski definition) is 3. The van der Waals surface area contributed by atoms with Crippen molar-refractivity contribution in [1.82, 2.24) is 5.32 Å². The van der Waals surface area contributed by atoms with E-state index in [9.17, 15) is 4.79 Å². The maximum atomic E-state index is 11.4. The van der Waals surface area contributed by atoms with Gasteiger partial charge < -0.3 is 15.5 Å². The van der Waals surface area contributed by atoms with E-state index in [1.165, 1.54) is 0 Å². The average Bonchev–Trinajstić information content (AvgIpc) is 2.28. The van der Waals surface area contributed by atoms with Gasteiger partial charge in [-0.05, 0) is 39.1 Å². The van der Waals surface area contributed by atoms with Crippen LogP contribution in [0.25, 0.3) is 0 Å². The van der Waals surface area contributed by atoms with Crippen molar-refractivity contribution in [1.29, 1.82) is 0 Å². The fourth-order valence-electron chi connectivity index (χ4n) is 1.47. The van der Waals surface area contributed by atoms with Crippen LogP contribution in [0, 0.1) is 0 Å². The third-order valence-corrected chi connectivity index (χ3v) is 2.65. The smallest absolute Gasteiger partial charge is 0.238 e. The van der Waals surface area contributed by atoms with Gasteiger partial charge in [-0.15, -0.1) is 12.4 Å². The summed E-state index contributed by atoms with van der Waals surface area (Å²) >= 11 is 0. The molecule has 1 aromatic rings. The van der Waals surface area contributed by atoms with Crippen LogP contribution in [0.4, 0.5) is 11.4 Å². The molecule has 1 aromatic carbocycles. The fraction of sp³-hybridized carbons (Fsp3) is 0.462. The molecule has 1 rings (SSSR count). The van der Waals surface area contributed by atoms with Crippen molar-refractivity contribution >= 4 is 29.7 Å². The van der Waals surface area contributed by atoms with Crippen LogP contribution in [-0.4, -0.2) is 32.6 Å². The summed E-state index contributed by atoms with van der Waals surface area (Å²) in [6, 6.07) is 8.29. The molecule has 4 nitrogen and oxygen atoms in total. The van der Waals surface area contributed by atoms with Crippen molar-refractivity contribution in [2.24, 2.45) is 0 Å². The van der Waals surface area contributed by atoms with E-state index in [1.807, 2.05) is 31.3 Å². The summed E-state index contributed by atoms with van der Waals surface area (Å²) in [6.45, 7) is 4.59. The molecule has 0 atom stereocenters. The summed E-state index contributed by atoms with van der Waals surface area (Å²) in [5.41, 5.74) is 1.93. The van der Waals surface area contributed by atoms with E-state index in [0.717, 1.165) is 11.4 Å². The lowest BCUT2D eigenvalue weighted by molar-refractivity contribution is -0.115. The Bertz CT molecular complexity index is 382. The lowest BCUT2D eigenvalue weighted by atomic mass is 10.2. The molecule has 0 radical (unpaired) electrons. The summed E-state index contributed by atoms with van der Waals surface area (Å²) < 4.78 is 0. The molecule has 0 fully saturated rings. The Balaban J connectivity index is 0.00000289. The van der Waals surface area contributed by atoms with Gasteiger partial charge in [-0.1, -0.05) is 6.07 Å².